The summed E-state index contributed by atoms with van der Waals surface area (Å²) in [5.74, 6) is -4.57. The van der Waals surface area contributed by atoms with Gasteiger partial charge in [-0.15, -0.1) is 0 Å². The molecule has 0 radical (unpaired) electrons. The Morgan fingerprint density at radius 3 is 2.61 bits per heavy atom. The summed E-state index contributed by atoms with van der Waals surface area (Å²) in [6, 6.07) is 2.96. The van der Waals surface area contributed by atoms with E-state index in [1.54, 1.807) is 0 Å². The standard InChI is InChI=1S/C22H19F7N4O2S/c1-9-3-11(35-8-22(27,28)29)7-31-16(9)17(34)32-10-4-12(15(24)13(23)5-10)20(2)14-6-21(14,18(25)26)36-19(30)33-20/h3-5,7,14,18H,6,8H2,1-2H3,(H2,30,33)(H,32,34)/t14?,20-,21+/m1/s1. The van der Waals surface area contributed by atoms with E-state index in [-0.39, 0.29) is 39.8 Å². The smallest absolute Gasteiger partial charge is 0.422 e. The third-order valence-electron chi connectivity index (χ3n) is 6.14. The number of alkyl halides is 5. The van der Waals surface area contributed by atoms with Crippen molar-refractivity contribution in [3.63, 3.8) is 0 Å². The molecular weight excluding hydrogens is 517 g/mol. The van der Waals surface area contributed by atoms with Crippen LogP contribution in [0.4, 0.5) is 36.4 Å². The van der Waals surface area contributed by atoms with Gasteiger partial charge in [0.25, 0.3) is 12.3 Å². The maximum atomic E-state index is 14.9. The van der Waals surface area contributed by atoms with Crippen LogP contribution in [0.5, 0.6) is 5.75 Å². The first kappa shape index (κ1) is 26.0. The van der Waals surface area contributed by atoms with Crippen molar-refractivity contribution < 1.29 is 40.3 Å². The van der Waals surface area contributed by atoms with Crippen molar-refractivity contribution in [1.29, 1.82) is 0 Å². The minimum Gasteiger partial charge on any atom is -0.482 e. The van der Waals surface area contributed by atoms with Crippen LogP contribution in [0.2, 0.25) is 0 Å². The summed E-state index contributed by atoms with van der Waals surface area (Å²) in [5.41, 5.74) is 3.54. The van der Waals surface area contributed by atoms with Gasteiger partial charge in [-0.05, 0) is 38.0 Å². The van der Waals surface area contributed by atoms with Gasteiger partial charge in [0.1, 0.15) is 11.4 Å². The van der Waals surface area contributed by atoms with Gasteiger partial charge in [0.2, 0.25) is 0 Å². The number of aliphatic imine (C=N–C) groups is 1. The number of hydrogen-bond acceptors (Lipinski definition) is 6. The number of rotatable bonds is 6. The molecule has 1 unspecified atom stereocenters. The number of amidine groups is 1. The Kier molecular flexibility index (Phi) is 6.38. The zero-order valence-corrected chi connectivity index (χ0v) is 19.5. The van der Waals surface area contributed by atoms with Gasteiger partial charge in [-0.2, -0.15) is 13.2 Å². The molecule has 1 aromatic carbocycles. The first-order chi connectivity index (χ1) is 16.7. The summed E-state index contributed by atoms with van der Waals surface area (Å²) in [6.07, 6.45) is -6.43. The number of pyridine rings is 1. The van der Waals surface area contributed by atoms with Crippen LogP contribution in [-0.4, -0.2) is 40.0 Å². The number of anilines is 1. The average Bonchev–Trinajstić information content (AvgIpc) is 3.51. The molecule has 4 rings (SSSR count). The van der Waals surface area contributed by atoms with Crippen molar-refractivity contribution in [2.24, 2.45) is 16.6 Å². The molecule has 2 aromatic rings. The number of nitrogens with two attached hydrogens (primary N) is 1. The van der Waals surface area contributed by atoms with E-state index in [9.17, 15) is 35.5 Å². The number of aryl methyl sites for hydroxylation is 1. The number of thioether (sulfide) groups is 1. The molecule has 0 bridgehead atoms. The van der Waals surface area contributed by atoms with Gasteiger partial charge in [-0.3, -0.25) is 9.79 Å². The Labute approximate surface area is 204 Å². The second-order valence-electron chi connectivity index (χ2n) is 8.73. The fraction of sp³-hybridized carbons (Fsp3) is 0.409. The number of benzene rings is 1. The molecule has 1 saturated carbocycles. The summed E-state index contributed by atoms with van der Waals surface area (Å²) in [7, 11) is 0. The lowest BCUT2D eigenvalue weighted by Gasteiger charge is -2.34. The number of carbonyl (C=O) groups is 1. The first-order valence-corrected chi connectivity index (χ1v) is 11.3. The Balaban J connectivity index is 1.61. The molecule has 194 valence electrons. The van der Waals surface area contributed by atoms with Crippen LogP contribution in [-0.2, 0) is 5.54 Å². The van der Waals surface area contributed by atoms with E-state index in [4.69, 9.17) is 5.73 Å². The summed E-state index contributed by atoms with van der Waals surface area (Å²) in [4.78, 5) is 20.7. The summed E-state index contributed by atoms with van der Waals surface area (Å²) >= 11 is 0.708. The highest BCUT2D eigenvalue weighted by Crippen LogP contribution is 2.68. The SMILES string of the molecule is Cc1cc(OCC(F)(F)F)cnc1C(=O)Nc1cc(F)c(F)c([C@@]2(C)N=C(N)S[C@@]3(C(F)F)CC32)c1. The minimum atomic E-state index is -4.56. The number of nitrogens with one attached hydrogen (secondary N) is 1. The van der Waals surface area contributed by atoms with Crippen molar-refractivity contribution in [3.05, 3.63) is 52.9 Å². The lowest BCUT2D eigenvalue weighted by molar-refractivity contribution is -0.153. The van der Waals surface area contributed by atoms with Gasteiger partial charge in [0, 0.05) is 23.2 Å². The fourth-order valence-electron chi connectivity index (χ4n) is 4.36. The van der Waals surface area contributed by atoms with Crippen LogP contribution in [0.15, 0.2) is 29.4 Å². The first-order valence-electron chi connectivity index (χ1n) is 10.5. The van der Waals surface area contributed by atoms with Crippen LogP contribution in [0, 0.1) is 24.5 Å². The summed E-state index contributed by atoms with van der Waals surface area (Å²) in [6.45, 7) is 1.23. The predicted molar refractivity (Wildman–Crippen MR) is 118 cm³/mol. The highest BCUT2D eigenvalue weighted by atomic mass is 32.2. The van der Waals surface area contributed by atoms with Gasteiger partial charge < -0.3 is 15.8 Å². The molecule has 1 aromatic heterocycles. The molecule has 1 amide bonds. The molecule has 36 heavy (non-hydrogen) atoms. The number of fused-ring (bicyclic) bond motifs is 1. The molecular formula is C22H19F7N4O2S. The Bertz CT molecular complexity index is 1260. The zero-order chi connectivity index (χ0) is 26.6. The monoisotopic (exact) mass is 536 g/mol. The van der Waals surface area contributed by atoms with E-state index in [0.717, 1.165) is 12.3 Å². The van der Waals surface area contributed by atoms with Crippen molar-refractivity contribution in [2.45, 2.75) is 43.2 Å². The van der Waals surface area contributed by atoms with Gasteiger partial charge in [0.05, 0.1) is 16.5 Å². The third kappa shape index (κ3) is 4.70. The van der Waals surface area contributed by atoms with Crippen LogP contribution in [0.25, 0.3) is 0 Å². The van der Waals surface area contributed by atoms with Crippen LogP contribution in [0.3, 0.4) is 0 Å². The molecule has 14 heteroatoms. The van der Waals surface area contributed by atoms with E-state index in [1.807, 2.05) is 0 Å². The average molecular weight is 536 g/mol. The van der Waals surface area contributed by atoms with Crippen LogP contribution >= 0.6 is 11.8 Å². The predicted octanol–water partition coefficient (Wildman–Crippen LogP) is 5.16. The van der Waals surface area contributed by atoms with E-state index in [2.05, 4.69) is 20.0 Å². The molecule has 2 aliphatic rings. The van der Waals surface area contributed by atoms with E-state index in [0.29, 0.717) is 17.8 Å². The molecule has 1 aliphatic heterocycles. The van der Waals surface area contributed by atoms with Crippen molar-refractivity contribution in [1.82, 2.24) is 4.98 Å². The van der Waals surface area contributed by atoms with Crippen LogP contribution in [0.1, 0.15) is 35.0 Å². The van der Waals surface area contributed by atoms with Crippen molar-refractivity contribution in [3.8, 4) is 5.75 Å². The summed E-state index contributed by atoms with van der Waals surface area (Å²) in [5, 5.41) is 2.16. The van der Waals surface area contributed by atoms with E-state index < -0.39 is 53.0 Å². The van der Waals surface area contributed by atoms with Gasteiger partial charge in [-0.1, -0.05) is 11.8 Å². The number of carbonyl (C=O) groups excluding carboxylic acids is 1. The van der Waals surface area contributed by atoms with Crippen LogP contribution < -0.4 is 15.8 Å². The van der Waals surface area contributed by atoms with Gasteiger partial charge in [-0.25, -0.2) is 22.5 Å². The molecule has 2 heterocycles. The molecule has 0 spiro atoms. The Morgan fingerprint density at radius 1 is 1.31 bits per heavy atom. The lowest BCUT2D eigenvalue weighted by atomic mass is 9.85. The maximum Gasteiger partial charge on any atom is 0.422 e. The molecule has 6 nitrogen and oxygen atoms in total. The van der Waals surface area contributed by atoms with Crippen molar-refractivity contribution >= 4 is 28.5 Å². The molecule has 3 N–H and O–H groups in total. The highest BCUT2D eigenvalue weighted by molar-refractivity contribution is 8.15. The number of aromatic nitrogens is 1. The number of halogens is 7. The number of hydrogen-bond donors (Lipinski definition) is 2. The fourth-order valence-corrected chi connectivity index (χ4v) is 5.69. The Morgan fingerprint density at radius 2 is 2.00 bits per heavy atom. The zero-order valence-electron chi connectivity index (χ0n) is 18.7. The normalized spacial score (nSPS) is 25.3. The third-order valence-corrected chi connectivity index (χ3v) is 7.45. The molecule has 3 atom stereocenters. The molecule has 0 saturated heterocycles. The maximum absolute atomic E-state index is 14.9. The number of ether oxygens (including phenoxy) is 1. The highest BCUT2D eigenvalue weighted by Gasteiger charge is 2.71. The minimum absolute atomic E-state index is 0.0143. The van der Waals surface area contributed by atoms with Gasteiger partial charge >= 0.3 is 6.18 Å². The number of amides is 1. The van der Waals surface area contributed by atoms with E-state index in [1.165, 1.54) is 19.9 Å². The summed E-state index contributed by atoms with van der Waals surface area (Å²) < 4.78 is 96.9. The quantitative estimate of drug-likeness (QED) is 0.498. The number of nitrogens with zero attached hydrogens (tertiary/aromatic N) is 2. The molecule has 1 aliphatic carbocycles. The van der Waals surface area contributed by atoms with Crippen molar-refractivity contribution in [2.75, 3.05) is 11.9 Å². The second kappa shape index (κ2) is 8.82. The second-order valence-corrected chi connectivity index (χ2v) is 10.1. The Hall–Kier alpha value is -3.03. The lowest BCUT2D eigenvalue weighted by Crippen LogP contribution is -2.39. The topological polar surface area (TPSA) is 89.6 Å². The largest absolute Gasteiger partial charge is 0.482 e. The molecule has 1 fully saturated rings. The van der Waals surface area contributed by atoms with E-state index >= 15 is 0 Å². The van der Waals surface area contributed by atoms with Gasteiger partial charge in [0.15, 0.2) is 23.4 Å².